The molecule has 2 aromatic carbocycles. The van der Waals surface area contributed by atoms with Crippen LogP contribution in [0.25, 0.3) is 16.9 Å². The van der Waals surface area contributed by atoms with Gasteiger partial charge in [-0.25, -0.2) is 14.4 Å². The van der Waals surface area contributed by atoms with Crippen molar-refractivity contribution >= 4 is 22.9 Å². The van der Waals surface area contributed by atoms with E-state index in [0.29, 0.717) is 55.3 Å². The first-order valence-electron chi connectivity index (χ1n) is 10.6. The first kappa shape index (κ1) is 20.0. The predicted octanol–water partition coefficient (Wildman–Crippen LogP) is 2.63. The van der Waals surface area contributed by atoms with Crippen LogP contribution in [0.4, 0.5) is 10.2 Å². The molecule has 0 saturated carbocycles. The molecule has 5 rings (SSSR count). The number of carbonyl (C=O) groups is 1. The standard InChI is InChI=1S/C23H22FN7O/c24-18-7-4-8-19(15-18)31-23-21(27-28-31)22(25-16-26-23)30-13-11-29(12-14-30)20(32)10-9-17-5-2-1-3-6-17/h1-8,15-16H,9-14H2. The van der Waals surface area contributed by atoms with Gasteiger partial charge in [0.1, 0.15) is 12.1 Å². The number of anilines is 1. The summed E-state index contributed by atoms with van der Waals surface area (Å²) < 4.78 is 15.2. The maximum Gasteiger partial charge on any atom is 0.223 e. The smallest absolute Gasteiger partial charge is 0.223 e. The lowest BCUT2D eigenvalue weighted by Crippen LogP contribution is -2.49. The number of aryl methyl sites for hydroxylation is 1. The van der Waals surface area contributed by atoms with Crippen LogP contribution in [0.5, 0.6) is 0 Å². The number of piperazine rings is 1. The number of amides is 1. The second-order valence-electron chi connectivity index (χ2n) is 7.70. The minimum atomic E-state index is -0.353. The Hall–Kier alpha value is -3.88. The Morgan fingerprint density at radius 3 is 2.56 bits per heavy atom. The molecule has 0 atom stereocenters. The minimum absolute atomic E-state index is 0.165. The molecule has 1 saturated heterocycles. The lowest BCUT2D eigenvalue weighted by molar-refractivity contribution is -0.131. The first-order valence-corrected chi connectivity index (χ1v) is 10.6. The second kappa shape index (κ2) is 8.70. The average molecular weight is 431 g/mol. The molecular formula is C23H22FN7O. The van der Waals surface area contributed by atoms with Gasteiger partial charge < -0.3 is 9.80 Å². The second-order valence-corrected chi connectivity index (χ2v) is 7.70. The summed E-state index contributed by atoms with van der Waals surface area (Å²) in [5.41, 5.74) is 2.79. The van der Waals surface area contributed by atoms with Gasteiger partial charge >= 0.3 is 0 Å². The van der Waals surface area contributed by atoms with Crippen LogP contribution in [0.15, 0.2) is 60.9 Å². The molecule has 9 heteroatoms. The van der Waals surface area contributed by atoms with Crippen LogP contribution in [0.2, 0.25) is 0 Å². The van der Waals surface area contributed by atoms with Crippen LogP contribution in [0, 0.1) is 5.82 Å². The highest BCUT2D eigenvalue weighted by Gasteiger charge is 2.24. The number of halogens is 1. The molecule has 4 aromatic rings. The van der Waals surface area contributed by atoms with E-state index in [-0.39, 0.29) is 11.7 Å². The van der Waals surface area contributed by atoms with E-state index >= 15 is 0 Å². The number of hydrogen-bond acceptors (Lipinski definition) is 6. The van der Waals surface area contributed by atoms with Gasteiger partial charge in [0.15, 0.2) is 17.0 Å². The maximum absolute atomic E-state index is 13.6. The first-order chi connectivity index (χ1) is 15.7. The Kier molecular flexibility index (Phi) is 5.45. The van der Waals surface area contributed by atoms with Crippen LogP contribution in [0.1, 0.15) is 12.0 Å². The molecule has 1 aliphatic rings. The van der Waals surface area contributed by atoms with Crippen molar-refractivity contribution in [2.75, 3.05) is 31.1 Å². The number of carbonyl (C=O) groups excluding carboxylic acids is 1. The van der Waals surface area contributed by atoms with Crippen LogP contribution in [0.3, 0.4) is 0 Å². The molecular weight excluding hydrogens is 409 g/mol. The molecule has 0 bridgehead atoms. The van der Waals surface area contributed by atoms with Gasteiger partial charge in [0.25, 0.3) is 0 Å². The number of hydrogen-bond donors (Lipinski definition) is 0. The van der Waals surface area contributed by atoms with Crippen molar-refractivity contribution in [3.05, 3.63) is 72.3 Å². The fourth-order valence-corrected chi connectivity index (χ4v) is 3.97. The largest absolute Gasteiger partial charge is 0.351 e. The van der Waals surface area contributed by atoms with Gasteiger partial charge in [-0.1, -0.05) is 41.6 Å². The predicted molar refractivity (Wildman–Crippen MR) is 118 cm³/mol. The third-order valence-electron chi connectivity index (χ3n) is 5.67. The van der Waals surface area contributed by atoms with Crippen molar-refractivity contribution in [1.29, 1.82) is 0 Å². The number of nitrogens with zero attached hydrogens (tertiary/aromatic N) is 7. The lowest BCUT2D eigenvalue weighted by Gasteiger charge is -2.35. The van der Waals surface area contributed by atoms with Crippen LogP contribution in [-0.4, -0.2) is 61.9 Å². The Balaban J connectivity index is 1.27. The van der Waals surface area contributed by atoms with E-state index < -0.39 is 0 Å². The molecule has 0 N–H and O–H groups in total. The van der Waals surface area contributed by atoms with Gasteiger partial charge in [0, 0.05) is 32.6 Å². The van der Waals surface area contributed by atoms with Gasteiger partial charge in [-0.2, -0.15) is 4.68 Å². The molecule has 2 aromatic heterocycles. The van der Waals surface area contributed by atoms with Crippen molar-refractivity contribution < 1.29 is 9.18 Å². The summed E-state index contributed by atoms with van der Waals surface area (Å²) in [6.45, 7) is 2.54. The number of benzene rings is 2. The molecule has 0 aliphatic carbocycles. The fraction of sp³-hybridized carbons (Fsp3) is 0.261. The highest BCUT2D eigenvalue weighted by Crippen LogP contribution is 2.24. The van der Waals surface area contributed by atoms with E-state index in [1.165, 1.54) is 28.7 Å². The van der Waals surface area contributed by atoms with Crippen molar-refractivity contribution in [3.63, 3.8) is 0 Å². The van der Waals surface area contributed by atoms with Crippen molar-refractivity contribution in [2.24, 2.45) is 0 Å². The third kappa shape index (κ3) is 4.01. The highest BCUT2D eigenvalue weighted by atomic mass is 19.1. The van der Waals surface area contributed by atoms with Crippen LogP contribution >= 0.6 is 0 Å². The number of aromatic nitrogens is 5. The van der Waals surface area contributed by atoms with E-state index in [4.69, 9.17) is 0 Å². The zero-order valence-electron chi connectivity index (χ0n) is 17.4. The molecule has 0 spiro atoms. The van der Waals surface area contributed by atoms with Gasteiger partial charge in [-0.3, -0.25) is 4.79 Å². The van der Waals surface area contributed by atoms with Crippen molar-refractivity contribution in [3.8, 4) is 5.69 Å². The minimum Gasteiger partial charge on any atom is -0.351 e. The highest BCUT2D eigenvalue weighted by molar-refractivity contribution is 5.84. The summed E-state index contributed by atoms with van der Waals surface area (Å²) in [6, 6.07) is 16.2. The molecule has 1 amide bonds. The summed E-state index contributed by atoms with van der Waals surface area (Å²) in [7, 11) is 0. The zero-order chi connectivity index (χ0) is 21.9. The van der Waals surface area contributed by atoms with Crippen LogP contribution < -0.4 is 4.90 Å². The molecule has 0 unspecified atom stereocenters. The number of fused-ring (bicyclic) bond motifs is 1. The zero-order valence-corrected chi connectivity index (χ0v) is 17.4. The molecule has 162 valence electrons. The van der Waals surface area contributed by atoms with E-state index in [9.17, 15) is 9.18 Å². The average Bonchev–Trinajstić information content (AvgIpc) is 3.28. The summed E-state index contributed by atoms with van der Waals surface area (Å²) >= 11 is 0. The van der Waals surface area contributed by atoms with Gasteiger partial charge in [-0.15, -0.1) is 5.10 Å². The number of rotatable bonds is 5. The Bertz CT molecular complexity index is 1240. The molecule has 3 heterocycles. The normalized spacial score (nSPS) is 14.2. The monoisotopic (exact) mass is 431 g/mol. The van der Waals surface area contributed by atoms with Gasteiger partial charge in [-0.05, 0) is 30.2 Å². The molecule has 32 heavy (non-hydrogen) atoms. The topological polar surface area (TPSA) is 80.0 Å². The van der Waals surface area contributed by atoms with E-state index in [2.05, 4.69) is 25.2 Å². The van der Waals surface area contributed by atoms with Crippen molar-refractivity contribution in [1.82, 2.24) is 29.9 Å². The van der Waals surface area contributed by atoms with E-state index in [1.807, 2.05) is 35.2 Å². The molecule has 8 nitrogen and oxygen atoms in total. The van der Waals surface area contributed by atoms with Gasteiger partial charge in [0.05, 0.1) is 5.69 Å². The summed E-state index contributed by atoms with van der Waals surface area (Å²) in [5.74, 6) is 0.487. The molecule has 1 fully saturated rings. The SMILES string of the molecule is O=C(CCc1ccccc1)N1CCN(c2ncnc3c2nnn3-c2cccc(F)c2)CC1. The molecule has 1 aliphatic heterocycles. The van der Waals surface area contributed by atoms with E-state index in [1.54, 1.807) is 12.1 Å². The Morgan fingerprint density at radius 2 is 1.78 bits per heavy atom. The summed E-state index contributed by atoms with van der Waals surface area (Å²) in [4.78, 5) is 25.4. The quantitative estimate of drug-likeness (QED) is 0.483. The summed E-state index contributed by atoms with van der Waals surface area (Å²) in [5, 5.41) is 8.43. The Morgan fingerprint density at radius 1 is 0.969 bits per heavy atom. The van der Waals surface area contributed by atoms with Crippen molar-refractivity contribution in [2.45, 2.75) is 12.8 Å². The van der Waals surface area contributed by atoms with Crippen LogP contribution in [-0.2, 0) is 11.2 Å². The molecule has 0 radical (unpaired) electrons. The van der Waals surface area contributed by atoms with Gasteiger partial charge in [0.2, 0.25) is 5.91 Å². The Labute approximate surface area is 184 Å². The van der Waals surface area contributed by atoms with E-state index in [0.717, 1.165) is 6.42 Å². The summed E-state index contributed by atoms with van der Waals surface area (Å²) in [6.07, 6.45) is 2.72. The maximum atomic E-state index is 13.6. The third-order valence-corrected chi connectivity index (χ3v) is 5.67. The lowest BCUT2D eigenvalue weighted by atomic mass is 10.1. The fourth-order valence-electron chi connectivity index (χ4n) is 3.97.